The van der Waals surface area contributed by atoms with Crippen LogP contribution in [0.5, 0.6) is 0 Å². The average Bonchev–Trinajstić information content (AvgIpc) is 3.59. The molecule has 2 fully saturated rings. The molecule has 0 radical (unpaired) electrons. The molecule has 1 saturated heterocycles. The second kappa shape index (κ2) is 9.11. The highest BCUT2D eigenvalue weighted by atomic mass is 35.5. The molecule has 35 heavy (non-hydrogen) atoms. The second-order valence-electron chi connectivity index (χ2n) is 9.44. The Bertz CT molecular complexity index is 1380. The van der Waals surface area contributed by atoms with Crippen molar-refractivity contribution in [1.82, 2.24) is 15.1 Å². The fourth-order valence-corrected chi connectivity index (χ4v) is 5.75. The molecule has 1 aliphatic heterocycles. The number of benzene rings is 2. The van der Waals surface area contributed by atoms with E-state index in [-0.39, 0.29) is 17.9 Å². The Kier molecular flexibility index (Phi) is 6.27. The predicted octanol–water partition coefficient (Wildman–Crippen LogP) is 4.11. The molecule has 186 valence electrons. The summed E-state index contributed by atoms with van der Waals surface area (Å²) in [6.45, 7) is 3.06. The van der Waals surface area contributed by atoms with Gasteiger partial charge in [-0.05, 0) is 74.1 Å². The van der Waals surface area contributed by atoms with Gasteiger partial charge in [0.25, 0.3) is 5.91 Å². The zero-order valence-electron chi connectivity index (χ0n) is 20.0. The van der Waals surface area contributed by atoms with Crippen molar-refractivity contribution in [2.45, 2.75) is 38.2 Å². The number of sulfonamides is 1. The molecule has 1 aromatic heterocycles. The van der Waals surface area contributed by atoms with Gasteiger partial charge in [0.05, 0.1) is 35.9 Å². The standard InChI is InChI=1S/C25H29ClN4O4S/c1-15-17(14-34-15)10-11-29(35(3,32)33)23-13-22-21(12-20(23)16-4-5-16)24(25(31)27-2)30(28-22)19-8-6-18(26)7-9-19/h6-9,12-13,15-17H,4-5,10-11,14H2,1-3H3,(H,27,31)/t15?,17-/m0/s1. The number of hydrogen-bond acceptors (Lipinski definition) is 5. The van der Waals surface area contributed by atoms with E-state index in [1.165, 1.54) is 10.6 Å². The molecule has 1 unspecified atom stereocenters. The van der Waals surface area contributed by atoms with Crippen molar-refractivity contribution in [2.24, 2.45) is 5.92 Å². The second-order valence-corrected chi connectivity index (χ2v) is 11.8. The summed E-state index contributed by atoms with van der Waals surface area (Å²) in [5, 5.41) is 8.72. The minimum absolute atomic E-state index is 0.145. The van der Waals surface area contributed by atoms with E-state index in [1.54, 1.807) is 36.0 Å². The molecule has 8 nitrogen and oxygen atoms in total. The van der Waals surface area contributed by atoms with Gasteiger partial charge in [-0.1, -0.05) is 11.6 Å². The van der Waals surface area contributed by atoms with Crippen molar-refractivity contribution in [3.8, 4) is 5.69 Å². The van der Waals surface area contributed by atoms with Gasteiger partial charge in [-0.25, -0.2) is 13.1 Å². The number of nitrogens with zero attached hydrogens (tertiary/aromatic N) is 3. The first-order valence-corrected chi connectivity index (χ1v) is 14.0. The largest absolute Gasteiger partial charge is 0.378 e. The monoisotopic (exact) mass is 516 g/mol. The van der Waals surface area contributed by atoms with Gasteiger partial charge in [0, 0.05) is 29.9 Å². The minimum atomic E-state index is -3.53. The van der Waals surface area contributed by atoms with Crippen molar-refractivity contribution in [3.05, 3.63) is 52.7 Å². The first-order chi connectivity index (χ1) is 16.7. The van der Waals surface area contributed by atoms with Crippen LogP contribution in [-0.4, -0.2) is 56.7 Å². The molecule has 10 heteroatoms. The smallest absolute Gasteiger partial charge is 0.270 e. The summed E-state index contributed by atoms with van der Waals surface area (Å²) in [6.07, 6.45) is 4.09. The van der Waals surface area contributed by atoms with Gasteiger partial charge in [-0.3, -0.25) is 9.10 Å². The Labute approximate surface area is 210 Å². The van der Waals surface area contributed by atoms with E-state index in [4.69, 9.17) is 21.4 Å². The van der Waals surface area contributed by atoms with Crippen molar-refractivity contribution in [2.75, 3.05) is 30.8 Å². The van der Waals surface area contributed by atoms with Gasteiger partial charge in [0.1, 0.15) is 5.69 Å². The Morgan fingerprint density at radius 3 is 2.51 bits per heavy atom. The molecule has 1 N–H and O–H groups in total. The maximum Gasteiger partial charge on any atom is 0.270 e. The van der Waals surface area contributed by atoms with Gasteiger partial charge >= 0.3 is 0 Å². The van der Waals surface area contributed by atoms with Crippen molar-refractivity contribution >= 4 is 44.1 Å². The van der Waals surface area contributed by atoms with Crippen LogP contribution in [-0.2, 0) is 14.8 Å². The highest BCUT2D eigenvalue weighted by molar-refractivity contribution is 7.92. The fraction of sp³-hybridized carbons (Fsp3) is 0.440. The zero-order valence-corrected chi connectivity index (χ0v) is 21.6. The fourth-order valence-electron chi connectivity index (χ4n) is 4.67. The Hall–Kier alpha value is -2.62. The van der Waals surface area contributed by atoms with Crippen molar-refractivity contribution in [1.29, 1.82) is 0 Å². The summed E-state index contributed by atoms with van der Waals surface area (Å²) in [6, 6.07) is 10.9. The molecule has 2 heterocycles. The lowest BCUT2D eigenvalue weighted by atomic mass is 9.95. The molecule has 1 saturated carbocycles. The van der Waals surface area contributed by atoms with E-state index in [1.807, 2.05) is 19.1 Å². The van der Waals surface area contributed by atoms with Crippen LogP contribution in [0.3, 0.4) is 0 Å². The summed E-state index contributed by atoms with van der Waals surface area (Å²) in [5.41, 5.74) is 3.26. The predicted molar refractivity (Wildman–Crippen MR) is 137 cm³/mol. The van der Waals surface area contributed by atoms with Gasteiger partial charge in [0.15, 0.2) is 0 Å². The first kappa shape index (κ1) is 24.1. The third kappa shape index (κ3) is 4.64. The maximum atomic E-state index is 13.0. The Balaban J connectivity index is 1.66. The third-order valence-electron chi connectivity index (χ3n) is 6.96. The number of halogens is 1. The molecule has 1 aliphatic carbocycles. The number of rotatable bonds is 8. The molecular formula is C25H29ClN4O4S. The van der Waals surface area contributed by atoms with Crippen LogP contribution in [0, 0.1) is 5.92 Å². The molecule has 2 aromatic carbocycles. The van der Waals surface area contributed by atoms with Crippen LogP contribution in [0.25, 0.3) is 16.6 Å². The number of hydrogen-bond donors (Lipinski definition) is 1. The zero-order chi connectivity index (χ0) is 24.9. The molecular weight excluding hydrogens is 488 g/mol. The lowest BCUT2D eigenvalue weighted by molar-refractivity contribution is -0.104. The lowest BCUT2D eigenvalue weighted by Crippen LogP contribution is -2.41. The van der Waals surface area contributed by atoms with Crippen LogP contribution >= 0.6 is 11.6 Å². The SMILES string of the molecule is CNC(=O)c1c2cc(C3CC3)c(N(CC[C@H]3COC3C)S(C)(=O)=O)cc2nn1-c1ccc(Cl)cc1. The van der Waals surface area contributed by atoms with Crippen LogP contribution in [0.4, 0.5) is 5.69 Å². The normalized spacial score (nSPS) is 20.0. The topological polar surface area (TPSA) is 93.5 Å². The summed E-state index contributed by atoms with van der Waals surface area (Å²) >= 11 is 6.06. The summed E-state index contributed by atoms with van der Waals surface area (Å²) in [7, 11) is -1.95. The van der Waals surface area contributed by atoms with Crippen LogP contribution < -0.4 is 9.62 Å². The first-order valence-electron chi connectivity index (χ1n) is 11.8. The van der Waals surface area contributed by atoms with E-state index in [0.29, 0.717) is 52.1 Å². The molecule has 1 amide bonds. The van der Waals surface area contributed by atoms with Gasteiger partial charge < -0.3 is 10.1 Å². The number of amides is 1. The number of nitrogens with one attached hydrogen (secondary N) is 1. The summed E-state index contributed by atoms with van der Waals surface area (Å²) in [5.74, 6) is 0.341. The van der Waals surface area contributed by atoms with E-state index in [0.717, 1.165) is 24.8 Å². The lowest BCUT2D eigenvalue weighted by Gasteiger charge is -2.36. The Morgan fingerprint density at radius 2 is 1.97 bits per heavy atom. The van der Waals surface area contributed by atoms with E-state index in [9.17, 15) is 13.2 Å². The molecule has 3 aromatic rings. The van der Waals surface area contributed by atoms with Crippen LogP contribution in [0.1, 0.15) is 48.2 Å². The summed E-state index contributed by atoms with van der Waals surface area (Å²) in [4.78, 5) is 13.0. The van der Waals surface area contributed by atoms with E-state index in [2.05, 4.69) is 5.32 Å². The van der Waals surface area contributed by atoms with Gasteiger partial charge in [-0.15, -0.1) is 0 Å². The molecule has 2 atom stereocenters. The molecule has 0 spiro atoms. The van der Waals surface area contributed by atoms with Crippen molar-refractivity contribution < 1.29 is 17.9 Å². The highest BCUT2D eigenvalue weighted by Gasteiger charge is 2.34. The van der Waals surface area contributed by atoms with E-state index >= 15 is 0 Å². The number of ether oxygens (including phenoxy) is 1. The van der Waals surface area contributed by atoms with Crippen LogP contribution in [0.15, 0.2) is 36.4 Å². The maximum absolute atomic E-state index is 13.0. The number of carbonyl (C=O) groups is 1. The number of fused-ring (bicyclic) bond motifs is 1. The Morgan fingerprint density at radius 1 is 1.26 bits per heavy atom. The number of anilines is 1. The number of carbonyl (C=O) groups excluding carboxylic acids is 1. The van der Waals surface area contributed by atoms with Gasteiger partial charge in [-0.2, -0.15) is 5.10 Å². The number of aromatic nitrogens is 2. The minimum Gasteiger partial charge on any atom is -0.378 e. The quantitative estimate of drug-likeness (QED) is 0.486. The molecule has 2 aliphatic rings. The molecule has 5 rings (SSSR count). The van der Waals surface area contributed by atoms with Crippen molar-refractivity contribution in [3.63, 3.8) is 0 Å². The molecule has 0 bridgehead atoms. The summed E-state index contributed by atoms with van der Waals surface area (Å²) < 4.78 is 34.4. The van der Waals surface area contributed by atoms with Gasteiger partial charge in [0.2, 0.25) is 10.0 Å². The average molecular weight is 517 g/mol. The highest BCUT2D eigenvalue weighted by Crippen LogP contribution is 2.47. The third-order valence-corrected chi connectivity index (χ3v) is 8.39. The van der Waals surface area contributed by atoms with Crippen LogP contribution in [0.2, 0.25) is 5.02 Å². The van der Waals surface area contributed by atoms with E-state index < -0.39 is 10.0 Å².